The zero-order valence-corrected chi connectivity index (χ0v) is 9.86. The van der Waals surface area contributed by atoms with E-state index in [1.807, 2.05) is 0 Å². The Morgan fingerprint density at radius 1 is 1.47 bits per heavy atom. The Kier molecular flexibility index (Phi) is 5.05. The van der Waals surface area contributed by atoms with E-state index in [-0.39, 0.29) is 12.3 Å². The van der Waals surface area contributed by atoms with Crippen molar-refractivity contribution in [1.82, 2.24) is 0 Å². The second-order valence-corrected chi connectivity index (χ2v) is 3.50. The van der Waals surface area contributed by atoms with E-state index in [0.29, 0.717) is 5.02 Å². The predicted octanol–water partition coefficient (Wildman–Crippen LogP) is 2.17. The molecule has 0 saturated heterocycles. The summed E-state index contributed by atoms with van der Waals surface area (Å²) in [6.45, 7) is 1.38. The van der Waals surface area contributed by atoms with Crippen LogP contribution in [0.4, 0.5) is 0 Å². The quantitative estimate of drug-likeness (QED) is 0.388. The molecule has 0 radical (unpaired) electrons. The molecule has 0 spiro atoms. The second kappa shape index (κ2) is 6.56. The highest BCUT2D eigenvalue weighted by Crippen LogP contribution is 2.08. The van der Waals surface area contributed by atoms with Crippen molar-refractivity contribution in [2.45, 2.75) is 6.92 Å². The van der Waals surface area contributed by atoms with Gasteiger partial charge >= 0.3 is 5.97 Å². The highest BCUT2D eigenvalue weighted by molar-refractivity contribution is 6.34. The van der Waals surface area contributed by atoms with Crippen LogP contribution in [-0.4, -0.2) is 23.4 Å². The third kappa shape index (κ3) is 5.05. The van der Waals surface area contributed by atoms with E-state index in [9.17, 15) is 4.79 Å². The molecule has 0 saturated carbocycles. The van der Waals surface area contributed by atoms with Gasteiger partial charge in [0, 0.05) is 10.6 Å². The fraction of sp³-hybridized carbons (Fsp3) is 0.167. The number of rotatable bonds is 3. The molecule has 4 nitrogen and oxygen atoms in total. The van der Waals surface area contributed by atoms with Crippen molar-refractivity contribution < 1.29 is 14.7 Å². The van der Waals surface area contributed by atoms with Crippen LogP contribution in [0.25, 0.3) is 0 Å². The summed E-state index contributed by atoms with van der Waals surface area (Å²) in [6, 6.07) is 7.03. The average molecular weight is 252 g/mol. The van der Waals surface area contributed by atoms with Crippen LogP contribution >= 0.6 is 11.6 Å². The van der Waals surface area contributed by atoms with Crippen molar-refractivity contribution in [3.63, 3.8) is 0 Å². The Bertz CT molecular complexity index is 483. The molecule has 0 amide bonds. The zero-order chi connectivity index (χ0) is 12.7. The van der Waals surface area contributed by atoms with Crippen LogP contribution in [0.2, 0.25) is 5.02 Å². The number of carboxylic acids is 1. The molecule has 88 valence electrons. The molecule has 1 rings (SSSR count). The molecule has 1 aromatic rings. The van der Waals surface area contributed by atoms with Gasteiger partial charge in [-0.15, -0.1) is 0 Å². The maximum absolute atomic E-state index is 10.4. The standard InChI is InChI=1S/C12H10ClNO3/c1-9(12(15)16)14-17-8-2-3-10-4-6-11(13)7-5-10/h4-7H,8H2,1H3,(H,15,16)/b14-9+. The van der Waals surface area contributed by atoms with E-state index in [4.69, 9.17) is 21.5 Å². The van der Waals surface area contributed by atoms with Gasteiger partial charge in [0.1, 0.15) is 0 Å². The minimum Gasteiger partial charge on any atom is -0.477 e. The lowest BCUT2D eigenvalue weighted by atomic mass is 10.2. The fourth-order valence-electron chi connectivity index (χ4n) is 0.872. The molecule has 0 unspecified atom stereocenters. The number of hydrogen-bond donors (Lipinski definition) is 1. The van der Waals surface area contributed by atoms with E-state index in [0.717, 1.165) is 5.56 Å². The van der Waals surface area contributed by atoms with Gasteiger partial charge in [-0.3, -0.25) is 0 Å². The van der Waals surface area contributed by atoms with Crippen LogP contribution in [-0.2, 0) is 9.63 Å². The molecule has 17 heavy (non-hydrogen) atoms. The first-order chi connectivity index (χ1) is 8.09. The van der Waals surface area contributed by atoms with Gasteiger partial charge < -0.3 is 9.94 Å². The molecule has 0 atom stereocenters. The second-order valence-electron chi connectivity index (χ2n) is 3.06. The Morgan fingerprint density at radius 2 is 2.12 bits per heavy atom. The van der Waals surface area contributed by atoms with E-state index < -0.39 is 5.97 Å². The molecular formula is C12H10ClNO3. The highest BCUT2D eigenvalue weighted by atomic mass is 35.5. The first-order valence-electron chi connectivity index (χ1n) is 4.74. The normalized spacial score (nSPS) is 10.4. The van der Waals surface area contributed by atoms with Crippen LogP contribution in [0.5, 0.6) is 0 Å². The summed E-state index contributed by atoms with van der Waals surface area (Å²) < 4.78 is 0. The van der Waals surface area contributed by atoms with Crippen molar-refractivity contribution in [2.24, 2.45) is 5.16 Å². The lowest BCUT2D eigenvalue weighted by Crippen LogP contribution is -2.08. The molecule has 0 aliphatic carbocycles. The topological polar surface area (TPSA) is 58.9 Å². The van der Waals surface area contributed by atoms with E-state index in [2.05, 4.69) is 17.0 Å². The number of nitrogens with zero attached hydrogens (tertiary/aromatic N) is 1. The highest BCUT2D eigenvalue weighted by Gasteiger charge is 2.00. The maximum Gasteiger partial charge on any atom is 0.353 e. The largest absolute Gasteiger partial charge is 0.477 e. The van der Waals surface area contributed by atoms with E-state index in [1.54, 1.807) is 24.3 Å². The molecular weight excluding hydrogens is 242 g/mol. The lowest BCUT2D eigenvalue weighted by Gasteiger charge is -1.93. The fourth-order valence-corrected chi connectivity index (χ4v) is 0.998. The van der Waals surface area contributed by atoms with Gasteiger partial charge in [-0.1, -0.05) is 28.6 Å². The molecule has 0 aromatic heterocycles. The minimum atomic E-state index is -1.12. The molecule has 0 aliphatic rings. The monoisotopic (exact) mass is 251 g/mol. The van der Waals surface area contributed by atoms with E-state index in [1.165, 1.54) is 6.92 Å². The molecule has 1 aromatic carbocycles. The van der Waals surface area contributed by atoms with Crippen LogP contribution in [0.3, 0.4) is 0 Å². The molecule has 0 bridgehead atoms. The lowest BCUT2D eigenvalue weighted by molar-refractivity contribution is -0.129. The Morgan fingerprint density at radius 3 is 2.71 bits per heavy atom. The number of carboxylic acid groups (broad SMARTS) is 1. The van der Waals surface area contributed by atoms with Crippen molar-refractivity contribution in [1.29, 1.82) is 0 Å². The van der Waals surface area contributed by atoms with Gasteiger partial charge in [-0.2, -0.15) is 0 Å². The third-order valence-electron chi connectivity index (χ3n) is 1.72. The summed E-state index contributed by atoms with van der Waals surface area (Å²) >= 11 is 5.71. The number of aliphatic carboxylic acids is 1. The Labute approximate surface area is 104 Å². The Balaban J connectivity index is 2.45. The third-order valence-corrected chi connectivity index (χ3v) is 1.98. The summed E-state index contributed by atoms with van der Waals surface area (Å²) in [5.41, 5.74) is 0.690. The van der Waals surface area contributed by atoms with Gasteiger partial charge in [0.25, 0.3) is 0 Å². The zero-order valence-electron chi connectivity index (χ0n) is 9.11. The summed E-state index contributed by atoms with van der Waals surface area (Å²) in [5, 5.41) is 12.5. The van der Waals surface area contributed by atoms with Crippen LogP contribution < -0.4 is 0 Å². The van der Waals surface area contributed by atoms with Crippen LogP contribution in [0, 0.1) is 11.8 Å². The summed E-state index contributed by atoms with van der Waals surface area (Å²) in [4.78, 5) is 15.1. The number of halogens is 1. The van der Waals surface area contributed by atoms with E-state index >= 15 is 0 Å². The van der Waals surface area contributed by atoms with Crippen molar-refractivity contribution in [3.05, 3.63) is 34.9 Å². The van der Waals surface area contributed by atoms with Crippen molar-refractivity contribution in [3.8, 4) is 11.8 Å². The number of carbonyl (C=O) groups is 1. The van der Waals surface area contributed by atoms with Crippen LogP contribution in [0.1, 0.15) is 12.5 Å². The van der Waals surface area contributed by atoms with Gasteiger partial charge in [-0.05, 0) is 31.2 Å². The summed E-state index contributed by atoms with van der Waals surface area (Å²) in [6.07, 6.45) is 0. The molecule has 1 N–H and O–H groups in total. The molecule has 0 aliphatic heterocycles. The number of oxime groups is 1. The van der Waals surface area contributed by atoms with Crippen LogP contribution in [0.15, 0.2) is 29.4 Å². The van der Waals surface area contributed by atoms with Gasteiger partial charge in [-0.25, -0.2) is 4.79 Å². The van der Waals surface area contributed by atoms with Crippen molar-refractivity contribution in [2.75, 3.05) is 6.61 Å². The molecule has 5 heteroatoms. The van der Waals surface area contributed by atoms with Crippen molar-refractivity contribution >= 4 is 23.3 Å². The van der Waals surface area contributed by atoms with Gasteiger partial charge in [0.2, 0.25) is 0 Å². The average Bonchev–Trinajstić information content (AvgIpc) is 2.30. The molecule has 0 heterocycles. The molecule has 0 fully saturated rings. The summed E-state index contributed by atoms with van der Waals surface area (Å²) in [5.74, 6) is 4.41. The smallest absolute Gasteiger partial charge is 0.353 e. The summed E-state index contributed by atoms with van der Waals surface area (Å²) in [7, 11) is 0. The minimum absolute atomic E-state index is 0.0350. The SMILES string of the molecule is C/C(=N\OCC#Cc1ccc(Cl)cc1)C(=O)O. The number of benzene rings is 1. The Hall–Kier alpha value is -1.99. The first kappa shape index (κ1) is 13.1. The van der Waals surface area contributed by atoms with Gasteiger partial charge in [0.05, 0.1) is 0 Å². The maximum atomic E-state index is 10.4. The van der Waals surface area contributed by atoms with Gasteiger partial charge in [0.15, 0.2) is 12.3 Å². The predicted molar refractivity (Wildman–Crippen MR) is 65.0 cm³/mol. The first-order valence-corrected chi connectivity index (χ1v) is 5.11. The number of hydrogen-bond acceptors (Lipinski definition) is 3.